The summed E-state index contributed by atoms with van der Waals surface area (Å²) in [6.07, 6.45) is 0. The molecule has 8 heteroatoms. The number of rotatable bonds is 2. The quantitative estimate of drug-likeness (QED) is 0.815. The fraction of sp³-hybridized carbons (Fsp3) is 0.125. The van der Waals surface area contributed by atoms with Gasteiger partial charge in [-0.2, -0.15) is 0 Å². The van der Waals surface area contributed by atoms with Crippen molar-refractivity contribution in [2.75, 3.05) is 24.2 Å². The minimum Gasteiger partial charge on any atom is -0.454 e. The summed E-state index contributed by atoms with van der Waals surface area (Å²) in [4.78, 5) is 24.0. The van der Waals surface area contributed by atoms with Gasteiger partial charge in [-0.1, -0.05) is 0 Å². The molecule has 0 fully saturated rings. The van der Waals surface area contributed by atoms with Crippen LogP contribution in [0.4, 0.5) is 11.4 Å². The Kier molecular flexibility index (Phi) is 3.34. The van der Waals surface area contributed by atoms with Crippen LogP contribution in [0.2, 0.25) is 0 Å². The number of benzene rings is 2. The van der Waals surface area contributed by atoms with Gasteiger partial charge < -0.3 is 29.6 Å². The molecule has 8 nitrogen and oxygen atoms in total. The van der Waals surface area contributed by atoms with Gasteiger partial charge in [0.15, 0.2) is 23.0 Å². The highest BCUT2D eigenvalue weighted by Crippen LogP contribution is 2.35. The Balaban J connectivity index is 1.42. The van der Waals surface area contributed by atoms with Crippen LogP contribution in [0.15, 0.2) is 36.4 Å². The molecule has 122 valence electrons. The number of carbonyl (C=O) groups is 2. The van der Waals surface area contributed by atoms with Crippen molar-refractivity contribution < 1.29 is 28.5 Å². The molecule has 2 aliphatic rings. The van der Waals surface area contributed by atoms with Crippen molar-refractivity contribution in [3.05, 3.63) is 36.4 Å². The molecule has 0 aromatic heterocycles. The molecule has 0 unspecified atom stereocenters. The first-order valence-corrected chi connectivity index (χ1v) is 7.11. The van der Waals surface area contributed by atoms with Gasteiger partial charge in [0.05, 0.1) is 0 Å². The number of anilines is 2. The first-order valence-electron chi connectivity index (χ1n) is 7.11. The van der Waals surface area contributed by atoms with Gasteiger partial charge >= 0.3 is 11.8 Å². The number of hydrogen-bond acceptors (Lipinski definition) is 6. The van der Waals surface area contributed by atoms with Crippen molar-refractivity contribution in [1.29, 1.82) is 0 Å². The minimum atomic E-state index is -0.800. The van der Waals surface area contributed by atoms with Crippen molar-refractivity contribution in [1.82, 2.24) is 0 Å². The standard InChI is InChI=1S/C16H12N2O6/c19-15(17-9-1-3-11-13(5-9)23-7-21-11)16(20)18-10-2-4-12-14(6-10)24-8-22-12/h1-6H,7-8H2,(H,17,19)(H,18,20). The molecule has 0 saturated heterocycles. The predicted octanol–water partition coefficient (Wildman–Crippen LogP) is 1.72. The fourth-order valence-corrected chi connectivity index (χ4v) is 2.32. The molecule has 2 heterocycles. The number of carbonyl (C=O) groups excluding carboxylic acids is 2. The second-order valence-electron chi connectivity index (χ2n) is 5.04. The van der Waals surface area contributed by atoms with Gasteiger partial charge in [0, 0.05) is 23.5 Å². The second-order valence-corrected chi connectivity index (χ2v) is 5.04. The molecule has 2 aromatic rings. The summed E-state index contributed by atoms with van der Waals surface area (Å²) < 4.78 is 20.8. The molecular weight excluding hydrogens is 316 g/mol. The first-order chi connectivity index (χ1) is 11.7. The Bertz CT molecular complexity index is 766. The van der Waals surface area contributed by atoms with Gasteiger partial charge in [0.1, 0.15) is 0 Å². The lowest BCUT2D eigenvalue weighted by atomic mass is 10.2. The molecule has 0 spiro atoms. The summed E-state index contributed by atoms with van der Waals surface area (Å²) in [5, 5.41) is 5.00. The number of nitrogens with one attached hydrogen (secondary N) is 2. The molecule has 4 rings (SSSR count). The number of amides is 2. The zero-order valence-electron chi connectivity index (χ0n) is 12.3. The van der Waals surface area contributed by atoms with E-state index in [0.717, 1.165) is 0 Å². The Hall–Kier alpha value is -3.42. The summed E-state index contributed by atoms with van der Waals surface area (Å²) in [5.74, 6) is 0.627. The normalized spacial score (nSPS) is 13.5. The maximum atomic E-state index is 12.0. The van der Waals surface area contributed by atoms with E-state index in [1.54, 1.807) is 36.4 Å². The molecule has 2 aromatic carbocycles. The largest absolute Gasteiger partial charge is 0.454 e. The van der Waals surface area contributed by atoms with Gasteiger partial charge in [-0.25, -0.2) is 0 Å². The van der Waals surface area contributed by atoms with Gasteiger partial charge in [-0.3, -0.25) is 9.59 Å². The van der Waals surface area contributed by atoms with Crippen LogP contribution in [0.5, 0.6) is 23.0 Å². The summed E-state index contributed by atoms with van der Waals surface area (Å²) in [6, 6.07) is 9.75. The highest BCUT2D eigenvalue weighted by atomic mass is 16.7. The van der Waals surface area contributed by atoms with Crippen LogP contribution in [0.25, 0.3) is 0 Å². The summed E-state index contributed by atoms with van der Waals surface area (Å²) >= 11 is 0. The number of hydrogen-bond donors (Lipinski definition) is 2. The minimum absolute atomic E-state index is 0.136. The van der Waals surface area contributed by atoms with Gasteiger partial charge in [0.2, 0.25) is 13.6 Å². The molecule has 0 bridgehead atoms. The molecule has 0 radical (unpaired) electrons. The lowest BCUT2D eigenvalue weighted by Crippen LogP contribution is -2.29. The van der Waals surface area contributed by atoms with Crippen molar-refractivity contribution in [3.63, 3.8) is 0 Å². The Morgan fingerprint density at radius 3 is 1.54 bits per heavy atom. The third-order valence-electron chi connectivity index (χ3n) is 3.47. The van der Waals surface area contributed by atoms with Crippen LogP contribution in [0.1, 0.15) is 0 Å². The van der Waals surface area contributed by atoms with E-state index in [2.05, 4.69) is 10.6 Å². The van der Waals surface area contributed by atoms with E-state index in [-0.39, 0.29) is 13.6 Å². The van der Waals surface area contributed by atoms with Crippen LogP contribution < -0.4 is 29.6 Å². The van der Waals surface area contributed by atoms with E-state index in [4.69, 9.17) is 18.9 Å². The highest BCUT2D eigenvalue weighted by molar-refractivity contribution is 6.43. The van der Waals surface area contributed by atoms with Crippen LogP contribution >= 0.6 is 0 Å². The molecule has 2 aliphatic heterocycles. The number of ether oxygens (including phenoxy) is 4. The molecule has 2 amide bonds. The third kappa shape index (κ3) is 2.65. The molecular formula is C16H12N2O6. The van der Waals surface area contributed by atoms with E-state index in [1.807, 2.05) is 0 Å². The summed E-state index contributed by atoms with van der Waals surface area (Å²) in [6.45, 7) is 0.272. The number of fused-ring (bicyclic) bond motifs is 2. The topological polar surface area (TPSA) is 95.1 Å². The van der Waals surface area contributed by atoms with Crippen molar-refractivity contribution >= 4 is 23.2 Å². The average Bonchev–Trinajstić information content (AvgIpc) is 3.22. The SMILES string of the molecule is O=C(Nc1ccc2c(c1)OCO2)C(=O)Nc1ccc2c(c1)OCO2. The lowest BCUT2D eigenvalue weighted by molar-refractivity contribution is -0.132. The maximum absolute atomic E-state index is 12.0. The average molecular weight is 328 g/mol. The second kappa shape index (κ2) is 5.65. The molecule has 24 heavy (non-hydrogen) atoms. The van der Waals surface area contributed by atoms with Crippen molar-refractivity contribution in [2.24, 2.45) is 0 Å². The smallest absolute Gasteiger partial charge is 0.314 e. The molecule has 0 aliphatic carbocycles. The summed E-state index contributed by atoms with van der Waals surface area (Å²) in [5.41, 5.74) is 0.871. The fourth-order valence-electron chi connectivity index (χ4n) is 2.32. The van der Waals surface area contributed by atoms with Gasteiger partial charge in [-0.15, -0.1) is 0 Å². The van der Waals surface area contributed by atoms with Crippen molar-refractivity contribution in [3.8, 4) is 23.0 Å². The van der Waals surface area contributed by atoms with Gasteiger partial charge in [0.25, 0.3) is 0 Å². The lowest BCUT2D eigenvalue weighted by Gasteiger charge is -2.07. The van der Waals surface area contributed by atoms with E-state index in [1.165, 1.54) is 0 Å². The van der Waals surface area contributed by atoms with E-state index < -0.39 is 11.8 Å². The van der Waals surface area contributed by atoms with Crippen LogP contribution in [-0.4, -0.2) is 25.4 Å². The third-order valence-corrected chi connectivity index (χ3v) is 3.47. The molecule has 2 N–H and O–H groups in total. The van der Waals surface area contributed by atoms with E-state index in [0.29, 0.717) is 34.4 Å². The predicted molar refractivity (Wildman–Crippen MR) is 82.4 cm³/mol. The van der Waals surface area contributed by atoms with Gasteiger partial charge in [-0.05, 0) is 24.3 Å². The monoisotopic (exact) mass is 328 g/mol. The van der Waals surface area contributed by atoms with E-state index >= 15 is 0 Å². The Morgan fingerprint density at radius 2 is 1.08 bits per heavy atom. The van der Waals surface area contributed by atoms with Crippen LogP contribution in [-0.2, 0) is 9.59 Å². The maximum Gasteiger partial charge on any atom is 0.314 e. The van der Waals surface area contributed by atoms with Crippen molar-refractivity contribution in [2.45, 2.75) is 0 Å². The van der Waals surface area contributed by atoms with E-state index in [9.17, 15) is 9.59 Å². The highest BCUT2D eigenvalue weighted by Gasteiger charge is 2.19. The zero-order valence-corrected chi connectivity index (χ0v) is 12.3. The van der Waals surface area contributed by atoms with Crippen LogP contribution in [0.3, 0.4) is 0 Å². The Morgan fingerprint density at radius 1 is 0.667 bits per heavy atom. The summed E-state index contributed by atoms with van der Waals surface area (Å²) in [7, 11) is 0. The first kappa shape index (κ1) is 14.2. The molecule has 0 saturated carbocycles. The zero-order chi connectivity index (χ0) is 16.5. The Labute approximate surface area is 136 Å². The van der Waals surface area contributed by atoms with Crippen LogP contribution in [0, 0.1) is 0 Å². The molecule has 0 atom stereocenters.